The van der Waals surface area contributed by atoms with Gasteiger partial charge in [0.1, 0.15) is 5.82 Å². The summed E-state index contributed by atoms with van der Waals surface area (Å²) in [7, 11) is 0. The van der Waals surface area contributed by atoms with Crippen LogP contribution in [0.15, 0.2) is 42.6 Å². The highest BCUT2D eigenvalue weighted by atomic mass is 32.1. The Hall–Kier alpha value is -2.35. The van der Waals surface area contributed by atoms with Gasteiger partial charge in [0.05, 0.1) is 5.56 Å². The maximum atomic E-state index is 12.6. The van der Waals surface area contributed by atoms with Crippen molar-refractivity contribution < 1.29 is 13.2 Å². The Labute approximate surface area is 143 Å². The van der Waals surface area contributed by atoms with Crippen molar-refractivity contribution >= 4 is 28.8 Å². The molecule has 0 fully saturated rings. The van der Waals surface area contributed by atoms with Crippen molar-refractivity contribution in [3.8, 4) is 0 Å². The molecule has 2 aromatic rings. The van der Waals surface area contributed by atoms with E-state index in [1.165, 1.54) is 6.07 Å². The molecular weight excluding hydrogens is 337 g/mol. The van der Waals surface area contributed by atoms with E-state index in [0.29, 0.717) is 29.7 Å². The number of thiocarbonyl (C=S) groups is 1. The summed E-state index contributed by atoms with van der Waals surface area (Å²) in [4.78, 5) is 4.13. The molecule has 0 saturated heterocycles. The lowest BCUT2D eigenvalue weighted by atomic mass is 10.2. The first kappa shape index (κ1) is 18.0. The van der Waals surface area contributed by atoms with Gasteiger partial charge < -0.3 is 16.0 Å². The van der Waals surface area contributed by atoms with Crippen molar-refractivity contribution in [1.29, 1.82) is 0 Å². The summed E-state index contributed by atoms with van der Waals surface area (Å²) in [6.07, 6.45) is -2.67. The van der Waals surface area contributed by atoms with Crippen molar-refractivity contribution in [2.24, 2.45) is 0 Å². The zero-order valence-corrected chi connectivity index (χ0v) is 13.8. The minimum Gasteiger partial charge on any atom is -0.383 e. The van der Waals surface area contributed by atoms with Crippen LogP contribution in [0.1, 0.15) is 11.1 Å². The normalized spacial score (nSPS) is 11.0. The van der Waals surface area contributed by atoms with E-state index in [-0.39, 0.29) is 0 Å². The van der Waals surface area contributed by atoms with Crippen LogP contribution >= 0.6 is 12.2 Å². The Balaban J connectivity index is 1.76. The van der Waals surface area contributed by atoms with Crippen LogP contribution in [0, 0.1) is 6.92 Å². The Kier molecular flexibility index (Phi) is 5.97. The molecule has 8 heteroatoms. The molecule has 0 spiro atoms. The molecule has 1 aromatic heterocycles. The zero-order chi connectivity index (χ0) is 17.6. The summed E-state index contributed by atoms with van der Waals surface area (Å²) in [5.41, 5.74) is 0.788. The van der Waals surface area contributed by atoms with Crippen LogP contribution in [0.4, 0.5) is 24.7 Å². The molecule has 0 radical (unpaired) electrons. The summed E-state index contributed by atoms with van der Waals surface area (Å²) in [5, 5.41) is 9.23. The van der Waals surface area contributed by atoms with E-state index in [4.69, 9.17) is 12.2 Å². The average Bonchev–Trinajstić information content (AvgIpc) is 2.51. The molecule has 0 aliphatic carbocycles. The number of rotatable bonds is 5. The zero-order valence-electron chi connectivity index (χ0n) is 12.9. The lowest BCUT2D eigenvalue weighted by molar-refractivity contribution is -0.137. The van der Waals surface area contributed by atoms with Gasteiger partial charge in [-0.2, -0.15) is 13.2 Å². The summed E-state index contributed by atoms with van der Waals surface area (Å²) < 4.78 is 37.9. The van der Waals surface area contributed by atoms with E-state index < -0.39 is 11.7 Å². The highest BCUT2D eigenvalue weighted by Gasteiger charge is 2.30. The second kappa shape index (κ2) is 7.96. The molecule has 0 saturated carbocycles. The van der Waals surface area contributed by atoms with Crippen molar-refractivity contribution in [2.45, 2.75) is 13.1 Å². The van der Waals surface area contributed by atoms with Gasteiger partial charge in [-0.25, -0.2) is 4.98 Å². The number of hydrogen-bond donors (Lipinski definition) is 3. The predicted octanol–water partition coefficient (Wildman–Crippen LogP) is 3.81. The number of nitrogens with one attached hydrogen (secondary N) is 3. The van der Waals surface area contributed by atoms with Crippen LogP contribution in [0.5, 0.6) is 0 Å². The van der Waals surface area contributed by atoms with Gasteiger partial charge >= 0.3 is 6.18 Å². The first-order valence-electron chi connectivity index (χ1n) is 7.23. The quantitative estimate of drug-likeness (QED) is 0.563. The molecule has 0 aliphatic heterocycles. The average molecular weight is 354 g/mol. The van der Waals surface area contributed by atoms with Gasteiger partial charge in [-0.15, -0.1) is 0 Å². The molecule has 0 atom stereocenters. The Morgan fingerprint density at radius 2 is 1.96 bits per heavy atom. The second-order valence-corrected chi connectivity index (χ2v) is 5.51. The van der Waals surface area contributed by atoms with Gasteiger partial charge in [-0.1, -0.05) is 6.07 Å². The third kappa shape index (κ3) is 5.69. The molecular formula is C16H17F3N4S. The number of benzene rings is 1. The first-order chi connectivity index (χ1) is 11.3. The molecule has 24 heavy (non-hydrogen) atoms. The van der Waals surface area contributed by atoms with Crippen LogP contribution in [0.2, 0.25) is 0 Å². The fourth-order valence-corrected chi connectivity index (χ4v) is 2.16. The van der Waals surface area contributed by atoms with E-state index in [9.17, 15) is 13.2 Å². The predicted molar refractivity (Wildman–Crippen MR) is 93.1 cm³/mol. The monoisotopic (exact) mass is 354 g/mol. The van der Waals surface area contributed by atoms with Gasteiger partial charge in [-0.3, -0.25) is 0 Å². The van der Waals surface area contributed by atoms with Crippen molar-refractivity contribution in [1.82, 2.24) is 10.3 Å². The van der Waals surface area contributed by atoms with Gasteiger partial charge in [0, 0.05) is 25.0 Å². The van der Waals surface area contributed by atoms with Crippen molar-refractivity contribution in [2.75, 3.05) is 23.7 Å². The van der Waals surface area contributed by atoms with Gasteiger partial charge in [0.15, 0.2) is 5.11 Å². The summed E-state index contributed by atoms with van der Waals surface area (Å²) in [5.74, 6) is 0.637. The van der Waals surface area contributed by atoms with Gasteiger partial charge in [0.25, 0.3) is 0 Å². The number of anilines is 2. The van der Waals surface area contributed by atoms with Crippen LogP contribution in [0.3, 0.4) is 0 Å². The largest absolute Gasteiger partial charge is 0.416 e. The fourth-order valence-electron chi connectivity index (χ4n) is 1.95. The lowest BCUT2D eigenvalue weighted by Gasteiger charge is -2.12. The third-order valence-corrected chi connectivity index (χ3v) is 3.33. The summed E-state index contributed by atoms with van der Waals surface area (Å²) >= 11 is 5.14. The number of pyridine rings is 1. The Bertz CT molecular complexity index is 704. The van der Waals surface area contributed by atoms with Gasteiger partial charge in [-0.05, 0) is 55.0 Å². The molecule has 0 amide bonds. The molecule has 0 unspecified atom stereocenters. The van der Waals surface area contributed by atoms with Crippen LogP contribution in [0.25, 0.3) is 0 Å². The SMILES string of the molecule is Cc1ccnc(NC(=S)NCCNc2cccc(C(F)(F)F)c2)c1. The van der Waals surface area contributed by atoms with Crippen molar-refractivity contribution in [3.05, 3.63) is 53.7 Å². The number of aryl methyl sites for hydroxylation is 1. The van der Waals surface area contributed by atoms with Crippen LogP contribution in [-0.2, 0) is 6.18 Å². The minimum atomic E-state index is -4.34. The molecule has 1 heterocycles. The molecule has 3 N–H and O–H groups in total. The Morgan fingerprint density at radius 1 is 1.17 bits per heavy atom. The lowest BCUT2D eigenvalue weighted by Crippen LogP contribution is -2.32. The molecule has 4 nitrogen and oxygen atoms in total. The molecule has 0 bridgehead atoms. The first-order valence-corrected chi connectivity index (χ1v) is 7.64. The van der Waals surface area contributed by atoms with Crippen LogP contribution < -0.4 is 16.0 Å². The van der Waals surface area contributed by atoms with Gasteiger partial charge in [0.2, 0.25) is 0 Å². The number of nitrogens with zero attached hydrogens (tertiary/aromatic N) is 1. The Morgan fingerprint density at radius 3 is 2.67 bits per heavy atom. The molecule has 2 rings (SSSR count). The standard InChI is InChI=1S/C16H17F3N4S/c1-11-5-6-21-14(9-11)23-15(24)22-8-7-20-13-4-2-3-12(10-13)16(17,18)19/h2-6,9-10,20H,7-8H2,1H3,(H2,21,22,23,24). The maximum absolute atomic E-state index is 12.6. The maximum Gasteiger partial charge on any atom is 0.416 e. The fraction of sp³-hybridized carbons (Fsp3) is 0.250. The topological polar surface area (TPSA) is 49.0 Å². The second-order valence-electron chi connectivity index (χ2n) is 5.10. The highest BCUT2D eigenvalue weighted by molar-refractivity contribution is 7.80. The van der Waals surface area contributed by atoms with E-state index >= 15 is 0 Å². The third-order valence-electron chi connectivity index (χ3n) is 3.09. The van der Waals surface area contributed by atoms with Crippen LogP contribution in [-0.4, -0.2) is 23.2 Å². The molecule has 0 aliphatic rings. The number of aromatic nitrogens is 1. The number of halogens is 3. The van der Waals surface area contributed by atoms with E-state index in [1.807, 2.05) is 19.1 Å². The summed E-state index contributed by atoms with van der Waals surface area (Å²) in [6.45, 7) is 2.82. The summed E-state index contributed by atoms with van der Waals surface area (Å²) in [6, 6.07) is 8.80. The van der Waals surface area contributed by atoms with Crippen molar-refractivity contribution in [3.63, 3.8) is 0 Å². The van der Waals surface area contributed by atoms with E-state index in [1.54, 1.807) is 12.3 Å². The van der Waals surface area contributed by atoms with E-state index in [0.717, 1.165) is 17.7 Å². The smallest absolute Gasteiger partial charge is 0.383 e. The molecule has 128 valence electrons. The molecule has 1 aromatic carbocycles. The number of alkyl halides is 3. The number of hydrogen-bond acceptors (Lipinski definition) is 3. The minimum absolute atomic E-state index is 0.402. The highest BCUT2D eigenvalue weighted by Crippen LogP contribution is 2.30. The van der Waals surface area contributed by atoms with E-state index in [2.05, 4.69) is 20.9 Å².